The number of esters is 1. The number of carbonyl (C=O) groups is 2. The van der Waals surface area contributed by atoms with Gasteiger partial charge in [-0.1, -0.05) is 24.6 Å². The number of nitrogens with one attached hydrogen (secondary N) is 1. The van der Waals surface area contributed by atoms with Crippen LogP contribution in [0.4, 0.5) is 5.00 Å². The maximum atomic E-state index is 13.0. The lowest BCUT2D eigenvalue weighted by molar-refractivity contribution is -0.113. The number of aromatic nitrogens is 3. The lowest BCUT2D eigenvalue weighted by atomic mass is 9.96. The van der Waals surface area contributed by atoms with Crippen molar-refractivity contribution in [3.8, 4) is 11.4 Å². The summed E-state index contributed by atoms with van der Waals surface area (Å²) in [5.41, 5.74) is 3.88. The van der Waals surface area contributed by atoms with Crippen molar-refractivity contribution in [2.45, 2.75) is 77.4 Å². The molecule has 1 N–H and O–H groups in total. The highest BCUT2D eigenvalue weighted by molar-refractivity contribution is 7.99. The number of thioether (sulfide) groups is 1. The lowest BCUT2D eigenvalue weighted by Crippen LogP contribution is -2.17. The summed E-state index contributed by atoms with van der Waals surface area (Å²) in [6.07, 6.45) is 6.31. The third kappa shape index (κ3) is 5.49. The van der Waals surface area contributed by atoms with Crippen molar-refractivity contribution in [2.75, 3.05) is 18.2 Å². The molecule has 0 unspecified atom stereocenters. The molecule has 35 heavy (non-hydrogen) atoms. The molecule has 0 aliphatic heterocycles. The fraction of sp³-hybridized carbons (Fsp3) is 0.520. The number of carbonyl (C=O) groups excluding carboxylic acids is 2. The Kier molecular flexibility index (Phi) is 8.34. The summed E-state index contributed by atoms with van der Waals surface area (Å²) < 4.78 is 7.16. The first-order chi connectivity index (χ1) is 16.8. The van der Waals surface area contributed by atoms with Crippen LogP contribution in [0.3, 0.4) is 0 Å². The van der Waals surface area contributed by atoms with Crippen molar-refractivity contribution >= 4 is 51.3 Å². The van der Waals surface area contributed by atoms with Gasteiger partial charge in [0.15, 0.2) is 11.0 Å². The van der Waals surface area contributed by atoms with Crippen molar-refractivity contribution < 1.29 is 14.3 Å². The standard InChI is InChI=1S/C25H32N4O3S3/c1-14(2)29-22(18-12-33-16(4)15(18)3)27-28-25(29)34-13-20(30)26-23-21(24(31)32-5)17-10-8-6-7-9-11-19(17)35-23/h12,14H,6-11,13H2,1-5H3,(H,26,30). The van der Waals surface area contributed by atoms with Crippen LogP contribution in [0.1, 0.15) is 76.8 Å². The minimum absolute atomic E-state index is 0.146. The Bertz CT molecular complexity index is 1230. The van der Waals surface area contributed by atoms with Crippen LogP contribution in [0.2, 0.25) is 0 Å². The van der Waals surface area contributed by atoms with E-state index in [1.807, 2.05) is 0 Å². The van der Waals surface area contributed by atoms with E-state index in [9.17, 15) is 9.59 Å². The van der Waals surface area contributed by atoms with Gasteiger partial charge in [-0.25, -0.2) is 4.79 Å². The number of aryl methyl sites for hydroxylation is 2. The highest BCUT2D eigenvalue weighted by atomic mass is 32.2. The number of thiophene rings is 2. The van der Waals surface area contributed by atoms with E-state index in [0.717, 1.165) is 49.1 Å². The SMILES string of the molecule is COC(=O)c1c(NC(=O)CSc2nnc(-c3csc(C)c3C)n2C(C)C)sc2c1CCCCCC2. The second kappa shape index (κ2) is 11.3. The highest BCUT2D eigenvalue weighted by Gasteiger charge is 2.26. The first kappa shape index (κ1) is 25.9. The second-order valence-corrected chi connectivity index (χ2v) is 12.2. The topological polar surface area (TPSA) is 86.1 Å². The molecule has 188 valence electrons. The van der Waals surface area contributed by atoms with Crippen LogP contribution >= 0.6 is 34.4 Å². The molecule has 4 rings (SSSR count). The van der Waals surface area contributed by atoms with Crippen molar-refractivity contribution in [1.29, 1.82) is 0 Å². The Morgan fingerprint density at radius 3 is 2.57 bits per heavy atom. The number of nitrogens with zero attached hydrogens (tertiary/aromatic N) is 3. The monoisotopic (exact) mass is 532 g/mol. The summed E-state index contributed by atoms with van der Waals surface area (Å²) in [5.74, 6) is 0.458. The zero-order valence-corrected chi connectivity index (χ0v) is 23.3. The molecule has 0 saturated carbocycles. The van der Waals surface area contributed by atoms with Crippen molar-refractivity contribution in [2.24, 2.45) is 0 Å². The largest absolute Gasteiger partial charge is 0.465 e. The van der Waals surface area contributed by atoms with Crippen molar-refractivity contribution in [1.82, 2.24) is 14.8 Å². The Hall–Kier alpha value is -2.17. The molecule has 0 aromatic carbocycles. The maximum absolute atomic E-state index is 13.0. The van der Waals surface area contributed by atoms with Crippen LogP contribution in [0.15, 0.2) is 10.5 Å². The van der Waals surface area contributed by atoms with Crippen molar-refractivity contribution in [3.05, 3.63) is 31.8 Å². The predicted octanol–water partition coefficient (Wildman–Crippen LogP) is 6.44. The number of rotatable bonds is 7. The summed E-state index contributed by atoms with van der Waals surface area (Å²) >= 11 is 4.58. The molecule has 10 heteroatoms. The molecule has 0 radical (unpaired) electrons. The maximum Gasteiger partial charge on any atom is 0.341 e. The predicted molar refractivity (Wildman–Crippen MR) is 144 cm³/mol. The number of fused-ring (bicyclic) bond motifs is 1. The van der Waals surface area contributed by atoms with E-state index in [4.69, 9.17) is 4.74 Å². The van der Waals surface area contributed by atoms with Crippen LogP contribution in [0.25, 0.3) is 11.4 Å². The van der Waals surface area contributed by atoms with Gasteiger partial charge >= 0.3 is 5.97 Å². The molecule has 1 aliphatic carbocycles. The van der Waals surface area contributed by atoms with Gasteiger partial charge in [0.2, 0.25) is 5.91 Å². The Balaban J connectivity index is 1.53. The highest BCUT2D eigenvalue weighted by Crippen LogP contribution is 2.38. The number of hydrogen-bond acceptors (Lipinski definition) is 8. The molecule has 0 bridgehead atoms. The molecule has 0 atom stereocenters. The van der Waals surface area contributed by atoms with Crippen LogP contribution in [-0.4, -0.2) is 39.5 Å². The molecule has 1 aliphatic rings. The summed E-state index contributed by atoms with van der Waals surface area (Å²) in [7, 11) is 1.39. The summed E-state index contributed by atoms with van der Waals surface area (Å²) in [6.45, 7) is 8.39. The first-order valence-corrected chi connectivity index (χ1v) is 14.6. The Labute approximate surface area is 218 Å². The number of hydrogen-bond donors (Lipinski definition) is 1. The van der Waals surface area contributed by atoms with E-state index in [1.165, 1.54) is 51.9 Å². The molecular formula is C25H32N4O3S3. The molecule has 3 aromatic rings. The van der Waals surface area contributed by atoms with E-state index < -0.39 is 0 Å². The molecular weight excluding hydrogens is 501 g/mol. The number of ether oxygens (including phenoxy) is 1. The van der Waals surface area contributed by atoms with E-state index in [2.05, 4.69) is 53.2 Å². The zero-order chi connectivity index (χ0) is 25.1. The molecule has 7 nitrogen and oxygen atoms in total. The minimum atomic E-state index is -0.378. The number of anilines is 1. The van der Waals surface area contributed by atoms with Gasteiger partial charge in [-0.2, -0.15) is 0 Å². The average molecular weight is 533 g/mol. The average Bonchev–Trinajstić information content (AvgIpc) is 3.47. The van der Waals surface area contributed by atoms with Gasteiger partial charge in [0.1, 0.15) is 5.00 Å². The van der Waals surface area contributed by atoms with Crippen LogP contribution in [-0.2, 0) is 22.4 Å². The lowest BCUT2D eigenvalue weighted by Gasteiger charge is -2.14. The van der Waals surface area contributed by atoms with Gasteiger partial charge < -0.3 is 10.1 Å². The third-order valence-corrected chi connectivity index (χ3v) is 9.52. The van der Waals surface area contributed by atoms with Crippen LogP contribution in [0.5, 0.6) is 0 Å². The molecule has 0 fully saturated rings. The zero-order valence-electron chi connectivity index (χ0n) is 20.9. The summed E-state index contributed by atoms with van der Waals surface area (Å²) in [4.78, 5) is 28.1. The van der Waals surface area contributed by atoms with Gasteiger partial charge in [0, 0.05) is 26.7 Å². The molecule has 0 saturated heterocycles. The third-order valence-electron chi connectivity index (χ3n) is 6.35. The van der Waals surface area contributed by atoms with Gasteiger partial charge in [-0.15, -0.1) is 32.9 Å². The fourth-order valence-corrected chi connectivity index (χ4v) is 7.40. The van der Waals surface area contributed by atoms with E-state index >= 15 is 0 Å². The summed E-state index contributed by atoms with van der Waals surface area (Å²) in [5, 5.41) is 15.3. The fourth-order valence-electron chi connectivity index (χ4n) is 4.38. The van der Waals surface area contributed by atoms with Gasteiger partial charge in [-0.05, 0) is 64.5 Å². The summed E-state index contributed by atoms with van der Waals surface area (Å²) in [6, 6.07) is 0.146. The number of amides is 1. The molecule has 1 amide bonds. The second-order valence-electron chi connectivity index (χ2n) is 9.05. The smallest absolute Gasteiger partial charge is 0.341 e. The van der Waals surface area contributed by atoms with Gasteiger partial charge in [0.25, 0.3) is 0 Å². The first-order valence-electron chi connectivity index (χ1n) is 12.0. The van der Waals surface area contributed by atoms with Gasteiger partial charge in [0.05, 0.1) is 18.4 Å². The van der Waals surface area contributed by atoms with E-state index in [1.54, 1.807) is 11.3 Å². The minimum Gasteiger partial charge on any atom is -0.465 e. The molecule has 3 heterocycles. The van der Waals surface area contributed by atoms with E-state index in [-0.39, 0.29) is 23.7 Å². The van der Waals surface area contributed by atoms with Crippen LogP contribution in [0, 0.1) is 13.8 Å². The molecule has 3 aromatic heterocycles. The molecule has 0 spiro atoms. The number of methoxy groups -OCH3 is 1. The Morgan fingerprint density at radius 2 is 1.91 bits per heavy atom. The normalized spacial score (nSPS) is 13.9. The van der Waals surface area contributed by atoms with Crippen molar-refractivity contribution in [3.63, 3.8) is 0 Å². The van der Waals surface area contributed by atoms with Crippen LogP contribution < -0.4 is 5.32 Å². The quantitative estimate of drug-likeness (QED) is 0.278. The van der Waals surface area contributed by atoms with E-state index in [0.29, 0.717) is 15.7 Å². The Morgan fingerprint density at radius 1 is 1.17 bits per heavy atom. The van der Waals surface area contributed by atoms with Gasteiger partial charge in [-0.3, -0.25) is 9.36 Å².